The van der Waals surface area contributed by atoms with Gasteiger partial charge in [0, 0.05) is 25.2 Å². The summed E-state index contributed by atoms with van der Waals surface area (Å²) in [5.41, 5.74) is -0.412. The number of hydrogen-bond acceptors (Lipinski definition) is 3. The number of likely N-dealkylation sites (tertiary alicyclic amines) is 1. The molecule has 2 aliphatic rings. The van der Waals surface area contributed by atoms with Crippen LogP contribution in [0.25, 0.3) is 0 Å². The molecule has 4 nitrogen and oxygen atoms in total. The second kappa shape index (κ2) is 7.20. The quantitative estimate of drug-likeness (QED) is 0.862. The van der Waals surface area contributed by atoms with Gasteiger partial charge < -0.3 is 15.0 Å². The maximum atomic E-state index is 12.3. The highest BCUT2D eigenvalue weighted by molar-refractivity contribution is 5.69. The molecule has 2 rings (SSSR count). The molecule has 0 aromatic carbocycles. The molecule has 128 valence electrons. The topological polar surface area (TPSA) is 41.6 Å². The minimum absolute atomic E-state index is 0.151. The highest BCUT2D eigenvalue weighted by Crippen LogP contribution is 2.29. The Morgan fingerprint density at radius 3 is 2.64 bits per heavy atom. The fraction of sp³-hybridized carbons (Fsp3) is 0.944. The molecule has 1 saturated carbocycles. The molecule has 0 bridgehead atoms. The Bertz CT molecular complexity index is 378. The van der Waals surface area contributed by atoms with Crippen LogP contribution in [-0.4, -0.2) is 41.8 Å². The lowest BCUT2D eigenvalue weighted by Gasteiger charge is -2.35. The van der Waals surface area contributed by atoms with E-state index in [0.717, 1.165) is 37.8 Å². The van der Waals surface area contributed by atoms with Crippen LogP contribution in [-0.2, 0) is 4.74 Å². The summed E-state index contributed by atoms with van der Waals surface area (Å²) in [6, 6.07) is 0.893. The highest BCUT2D eigenvalue weighted by Gasteiger charge is 2.33. The average Bonchev–Trinajstić information content (AvgIpc) is 2.86. The Labute approximate surface area is 136 Å². The second-order valence-corrected chi connectivity index (χ2v) is 8.38. The third kappa shape index (κ3) is 4.87. The van der Waals surface area contributed by atoms with Gasteiger partial charge in [0.2, 0.25) is 0 Å². The van der Waals surface area contributed by atoms with Crippen molar-refractivity contribution in [3.05, 3.63) is 0 Å². The Hall–Kier alpha value is -0.770. The fourth-order valence-electron chi connectivity index (χ4n) is 3.71. The van der Waals surface area contributed by atoms with Gasteiger partial charge in [0.15, 0.2) is 0 Å². The normalized spacial score (nSPS) is 33.0. The smallest absolute Gasteiger partial charge is 0.410 e. The highest BCUT2D eigenvalue weighted by atomic mass is 16.6. The molecule has 1 heterocycles. The minimum atomic E-state index is -0.412. The Morgan fingerprint density at radius 2 is 1.95 bits per heavy atom. The first-order valence-corrected chi connectivity index (χ1v) is 8.99. The minimum Gasteiger partial charge on any atom is -0.444 e. The van der Waals surface area contributed by atoms with E-state index in [-0.39, 0.29) is 6.09 Å². The van der Waals surface area contributed by atoms with Gasteiger partial charge in [-0.15, -0.1) is 0 Å². The number of amides is 1. The van der Waals surface area contributed by atoms with E-state index in [1.54, 1.807) is 0 Å². The summed E-state index contributed by atoms with van der Waals surface area (Å²) in [6.07, 6.45) is 5.96. The summed E-state index contributed by atoms with van der Waals surface area (Å²) in [7, 11) is 0. The maximum Gasteiger partial charge on any atom is 0.410 e. The lowest BCUT2D eigenvalue weighted by atomic mass is 9.80. The summed E-state index contributed by atoms with van der Waals surface area (Å²) in [5.74, 6) is 1.56. The fourth-order valence-corrected chi connectivity index (χ4v) is 3.71. The number of hydrogen-bond donors (Lipinski definition) is 1. The zero-order valence-corrected chi connectivity index (χ0v) is 15.0. The Morgan fingerprint density at radius 1 is 1.23 bits per heavy atom. The van der Waals surface area contributed by atoms with Crippen molar-refractivity contribution in [2.24, 2.45) is 11.8 Å². The number of nitrogens with zero attached hydrogens (tertiary/aromatic N) is 1. The first-order chi connectivity index (χ1) is 10.3. The molecule has 1 saturated heterocycles. The van der Waals surface area contributed by atoms with E-state index in [1.807, 2.05) is 25.7 Å². The lowest BCUT2D eigenvalue weighted by molar-refractivity contribution is 0.0221. The van der Waals surface area contributed by atoms with Gasteiger partial charge in [0.05, 0.1) is 0 Å². The van der Waals surface area contributed by atoms with Gasteiger partial charge in [0.1, 0.15) is 5.60 Å². The van der Waals surface area contributed by atoms with Crippen molar-refractivity contribution in [1.29, 1.82) is 0 Å². The largest absolute Gasteiger partial charge is 0.444 e. The maximum absolute atomic E-state index is 12.3. The summed E-state index contributed by atoms with van der Waals surface area (Å²) >= 11 is 0. The average molecular weight is 310 g/mol. The number of carbonyl (C=O) groups excluding carboxylic acids is 1. The zero-order chi connectivity index (χ0) is 16.3. The lowest BCUT2D eigenvalue weighted by Crippen LogP contribution is -2.48. The van der Waals surface area contributed by atoms with Gasteiger partial charge in [-0.05, 0) is 58.3 Å². The van der Waals surface area contributed by atoms with Crippen molar-refractivity contribution in [2.45, 2.75) is 84.4 Å². The molecule has 1 amide bonds. The first-order valence-electron chi connectivity index (χ1n) is 8.99. The molecule has 4 unspecified atom stereocenters. The molecular formula is C18H34N2O2. The summed E-state index contributed by atoms with van der Waals surface area (Å²) in [4.78, 5) is 14.2. The van der Waals surface area contributed by atoms with Crippen molar-refractivity contribution in [2.75, 3.05) is 13.1 Å². The third-order valence-electron chi connectivity index (χ3n) is 5.08. The van der Waals surface area contributed by atoms with E-state index >= 15 is 0 Å². The van der Waals surface area contributed by atoms with Crippen LogP contribution in [0.3, 0.4) is 0 Å². The number of nitrogens with one attached hydrogen (secondary N) is 1. The van der Waals surface area contributed by atoms with Crippen LogP contribution in [0.2, 0.25) is 0 Å². The van der Waals surface area contributed by atoms with Crippen LogP contribution in [0.4, 0.5) is 4.79 Å². The van der Waals surface area contributed by atoms with Gasteiger partial charge >= 0.3 is 6.09 Å². The Kier molecular flexibility index (Phi) is 5.76. The molecule has 0 aromatic heterocycles. The molecule has 1 aliphatic carbocycles. The SMILES string of the molecule is CC1CCC(C)C(NCC2CCCN2C(=O)OC(C)(C)C)C1. The molecule has 0 spiro atoms. The van der Waals surface area contributed by atoms with Gasteiger partial charge in [0.25, 0.3) is 0 Å². The molecule has 2 fully saturated rings. The predicted octanol–water partition coefficient (Wildman–Crippen LogP) is 3.80. The second-order valence-electron chi connectivity index (χ2n) is 8.38. The van der Waals surface area contributed by atoms with E-state index in [2.05, 4.69) is 19.2 Å². The van der Waals surface area contributed by atoms with Gasteiger partial charge in [-0.25, -0.2) is 4.79 Å². The molecule has 4 heteroatoms. The summed E-state index contributed by atoms with van der Waals surface area (Å²) < 4.78 is 5.54. The van der Waals surface area contributed by atoms with Crippen LogP contribution >= 0.6 is 0 Å². The molecule has 4 atom stereocenters. The van der Waals surface area contributed by atoms with Crippen molar-refractivity contribution in [3.8, 4) is 0 Å². The third-order valence-corrected chi connectivity index (χ3v) is 5.08. The van der Waals surface area contributed by atoms with Crippen LogP contribution in [0.15, 0.2) is 0 Å². The number of ether oxygens (including phenoxy) is 1. The summed E-state index contributed by atoms with van der Waals surface area (Å²) in [5, 5.41) is 3.74. The van der Waals surface area contributed by atoms with Crippen LogP contribution in [0, 0.1) is 11.8 Å². The van der Waals surface area contributed by atoms with E-state index in [1.165, 1.54) is 19.3 Å². The van der Waals surface area contributed by atoms with Crippen molar-refractivity contribution in [1.82, 2.24) is 10.2 Å². The van der Waals surface area contributed by atoms with E-state index in [9.17, 15) is 4.79 Å². The molecule has 0 aromatic rings. The molecule has 22 heavy (non-hydrogen) atoms. The number of carbonyl (C=O) groups is 1. The van der Waals surface area contributed by atoms with Gasteiger partial charge in [-0.3, -0.25) is 0 Å². The standard InChI is InChI=1S/C18H34N2O2/c1-13-8-9-14(2)16(11-13)19-12-15-7-6-10-20(15)17(21)22-18(3,4)5/h13-16,19H,6-12H2,1-5H3. The molecule has 0 radical (unpaired) electrons. The van der Waals surface area contributed by atoms with E-state index in [0.29, 0.717) is 12.1 Å². The van der Waals surface area contributed by atoms with Crippen LogP contribution in [0.1, 0.15) is 66.7 Å². The monoisotopic (exact) mass is 310 g/mol. The van der Waals surface area contributed by atoms with Crippen molar-refractivity contribution >= 4 is 6.09 Å². The van der Waals surface area contributed by atoms with Crippen LogP contribution in [0.5, 0.6) is 0 Å². The molecular weight excluding hydrogens is 276 g/mol. The predicted molar refractivity (Wildman–Crippen MR) is 89.9 cm³/mol. The number of rotatable bonds is 3. The van der Waals surface area contributed by atoms with Crippen molar-refractivity contribution < 1.29 is 9.53 Å². The van der Waals surface area contributed by atoms with Crippen LogP contribution < -0.4 is 5.32 Å². The van der Waals surface area contributed by atoms with E-state index in [4.69, 9.17) is 4.74 Å². The zero-order valence-electron chi connectivity index (χ0n) is 15.0. The first kappa shape index (κ1) is 17.6. The Balaban J connectivity index is 1.84. The van der Waals surface area contributed by atoms with Gasteiger partial charge in [-0.1, -0.05) is 20.3 Å². The van der Waals surface area contributed by atoms with Gasteiger partial charge in [-0.2, -0.15) is 0 Å². The summed E-state index contributed by atoms with van der Waals surface area (Å²) in [6.45, 7) is 12.2. The van der Waals surface area contributed by atoms with E-state index < -0.39 is 5.60 Å². The molecule has 1 N–H and O–H groups in total. The van der Waals surface area contributed by atoms with Crippen molar-refractivity contribution in [3.63, 3.8) is 0 Å². The molecule has 1 aliphatic heterocycles.